The van der Waals surface area contributed by atoms with Crippen molar-refractivity contribution in [3.63, 3.8) is 0 Å². The molecule has 2 rings (SSSR count). The summed E-state index contributed by atoms with van der Waals surface area (Å²) in [6, 6.07) is 3.68. The molecule has 0 aliphatic carbocycles. The highest BCUT2D eigenvalue weighted by Gasteiger charge is 2.00. The summed E-state index contributed by atoms with van der Waals surface area (Å²) in [7, 11) is 0. The van der Waals surface area contributed by atoms with Crippen LogP contribution >= 0.6 is 22.9 Å². The molecule has 0 saturated carbocycles. The number of halogens is 1. The highest BCUT2D eigenvalue weighted by molar-refractivity contribution is 7.09. The van der Waals surface area contributed by atoms with Crippen LogP contribution < -0.4 is 5.32 Å². The summed E-state index contributed by atoms with van der Waals surface area (Å²) in [5, 5.41) is 3.77. The van der Waals surface area contributed by atoms with Crippen LogP contribution in [-0.4, -0.2) is 9.97 Å². The minimum absolute atomic E-state index is 0.509. The zero-order valence-electron chi connectivity index (χ0n) is 8.20. The normalized spacial score (nSPS) is 10.3. The maximum absolute atomic E-state index is 5.69. The summed E-state index contributed by atoms with van der Waals surface area (Å²) in [6.07, 6.45) is 1.72. The number of anilines is 1. The van der Waals surface area contributed by atoms with Crippen LogP contribution in [0, 0.1) is 6.92 Å². The number of aromatic nitrogens is 2. The average molecular weight is 240 g/mol. The Balaban J connectivity index is 1.99. The average Bonchev–Trinajstić information content (AvgIpc) is 2.63. The molecule has 1 N–H and O–H groups in total. The SMILES string of the molecule is Cc1ncsc1CNc1ccc(Cl)nc1. The van der Waals surface area contributed by atoms with Crippen molar-refractivity contribution in [2.24, 2.45) is 0 Å². The number of rotatable bonds is 3. The fraction of sp³-hybridized carbons (Fsp3) is 0.200. The van der Waals surface area contributed by atoms with Crippen molar-refractivity contribution in [3.8, 4) is 0 Å². The van der Waals surface area contributed by atoms with Crippen LogP contribution in [0.4, 0.5) is 5.69 Å². The predicted molar refractivity (Wildman–Crippen MR) is 63.4 cm³/mol. The maximum Gasteiger partial charge on any atom is 0.129 e. The quantitative estimate of drug-likeness (QED) is 0.837. The Labute approximate surface area is 97.2 Å². The van der Waals surface area contributed by atoms with Crippen molar-refractivity contribution < 1.29 is 0 Å². The van der Waals surface area contributed by atoms with E-state index in [1.807, 2.05) is 18.5 Å². The Bertz CT molecular complexity index is 438. The minimum atomic E-state index is 0.509. The van der Waals surface area contributed by atoms with Gasteiger partial charge in [0.1, 0.15) is 5.15 Å². The molecular weight excluding hydrogens is 230 g/mol. The molecule has 3 nitrogen and oxygen atoms in total. The topological polar surface area (TPSA) is 37.8 Å². The molecule has 2 heterocycles. The van der Waals surface area contributed by atoms with Gasteiger partial charge in [-0.15, -0.1) is 11.3 Å². The first-order valence-electron chi connectivity index (χ1n) is 4.50. The number of nitrogens with one attached hydrogen (secondary N) is 1. The minimum Gasteiger partial charge on any atom is -0.379 e. The lowest BCUT2D eigenvalue weighted by Gasteiger charge is -2.04. The highest BCUT2D eigenvalue weighted by Crippen LogP contribution is 2.15. The molecule has 0 bridgehead atoms. The van der Waals surface area contributed by atoms with Gasteiger partial charge in [-0.25, -0.2) is 9.97 Å². The molecule has 0 saturated heterocycles. The first-order valence-corrected chi connectivity index (χ1v) is 5.76. The maximum atomic E-state index is 5.69. The zero-order valence-corrected chi connectivity index (χ0v) is 9.77. The molecule has 5 heteroatoms. The van der Waals surface area contributed by atoms with E-state index in [-0.39, 0.29) is 0 Å². The number of aryl methyl sites for hydroxylation is 1. The van der Waals surface area contributed by atoms with Crippen molar-refractivity contribution in [1.82, 2.24) is 9.97 Å². The predicted octanol–water partition coefficient (Wildman–Crippen LogP) is 3.11. The van der Waals surface area contributed by atoms with Gasteiger partial charge in [-0.3, -0.25) is 0 Å². The molecule has 0 unspecified atom stereocenters. The summed E-state index contributed by atoms with van der Waals surface area (Å²) >= 11 is 7.34. The van der Waals surface area contributed by atoms with Crippen LogP contribution in [-0.2, 0) is 6.54 Å². The lowest BCUT2D eigenvalue weighted by Crippen LogP contribution is -1.99. The third-order valence-electron chi connectivity index (χ3n) is 2.03. The smallest absolute Gasteiger partial charge is 0.129 e. The van der Waals surface area contributed by atoms with Gasteiger partial charge in [0.15, 0.2) is 0 Å². The molecule has 0 aromatic carbocycles. The van der Waals surface area contributed by atoms with E-state index in [1.54, 1.807) is 23.6 Å². The van der Waals surface area contributed by atoms with E-state index < -0.39 is 0 Å². The molecule has 0 fully saturated rings. The fourth-order valence-corrected chi connectivity index (χ4v) is 1.99. The number of hydrogen-bond acceptors (Lipinski definition) is 4. The summed E-state index contributed by atoms with van der Waals surface area (Å²) in [6.45, 7) is 2.79. The molecule has 0 amide bonds. The summed E-state index contributed by atoms with van der Waals surface area (Å²) in [5.41, 5.74) is 3.90. The molecule has 2 aromatic heterocycles. The molecule has 0 radical (unpaired) electrons. The van der Waals surface area contributed by atoms with E-state index in [4.69, 9.17) is 11.6 Å². The number of hydrogen-bond donors (Lipinski definition) is 1. The Morgan fingerprint density at radius 3 is 2.87 bits per heavy atom. The lowest BCUT2D eigenvalue weighted by atomic mass is 10.3. The third-order valence-corrected chi connectivity index (χ3v) is 3.18. The number of thiazole rings is 1. The van der Waals surface area contributed by atoms with Crippen LogP contribution in [0.5, 0.6) is 0 Å². The van der Waals surface area contributed by atoms with Crippen molar-refractivity contribution in [3.05, 3.63) is 39.6 Å². The molecular formula is C10H10ClN3S. The van der Waals surface area contributed by atoms with Gasteiger partial charge in [0.05, 0.1) is 29.6 Å². The molecule has 15 heavy (non-hydrogen) atoms. The van der Waals surface area contributed by atoms with E-state index in [1.165, 1.54) is 4.88 Å². The molecule has 0 aliphatic heterocycles. The van der Waals surface area contributed by atoms with E-state index in [9.17, 15) is 0 Å². The molecule has 2 aromatic rings. The largest absolute Gasteiger partial charge is 0.379 e. The standard InChI is InChI=1S/C10H10ClN3S/c1-7-9(15-6-14-7)5-12-8-2-3-10(11)13-4-8/h2-4,6,12H,5H2,1H3. The summed E-state index contributed by atoms with van der Waals surface area (Å²) in [5.74, 6) is 0. The number of nitrogens with zero attached hydrogens (tertiary/aromatic N) is 2. The van der Waals surface area contributed by atoms with Gasteiger partial charge >= 0.3 is 0 Å². The second-order valence-electron chi connectivity index (χ2n) is 3.08. The van der Waals surface area contributed by atoms with Gasteiger partial charge in [-0.1, -0.05) is 11.6 Å². The lowest BCUT2D eigenvalue weighted by molar-refractivity contribution is 1.11. The van der Waals surface area contributed by atoms with Crippen LogP contribution in [0.25, 0.3) is 0 Å². The van der Waals surface area contributed by atoms with Crippen molar-refractivity contribution >= 4 is 28.6 Å². The Morgan fingerprint density at radius 2 is 2.27 bits per heavy atom. The second-order valence-corrected chi connectivity index (χ2v) is 4.41. The summed E-state index contributed by atoms with van der Waals surface area (Å²) in [4.78, 5) is 9.42. The highest BCUT2D eigenvalue weighted by atomic mass is 35.5. The second kappa shape index (κ2) is 4.59. The van der Waals surface area contributed by atoms with E-state index in [0.29, 0.717) is 5.15 Å². The molecule has 78 valence electrons. The van der Waals surface area contributed by atoms with Gasteiger partial charge in [0.2, 0.25) is 0 Å². The van der Waals surface area contributed by atoms with Crippen molar-refractivity contribution in [1.29, 1.82) is 0 Å². The van der Waals surface area contributed by atoms with Gasteiger partial charge in [-0.2, -0.15) is 0 Å². The first kappa shape index (κ1) is 10.4. The first-order chi connectivity index (χ1) is 7.25. The van der Waals surface area contributed by atoms with Gasteiger partial charge < -0.3 is 5.32 Å². The van der Waals surface area contributed by atoms with E-state index in [0.717, 1.165) is 17.9 Å². The Kier molecular flexibility index (Phi) is 3.18. The molecule has 0 aliphatic rings. The van der Waals surface area contributed by atoms with Crippen LogP contribution in [0.15, 0.2) is 23.8 Å². The van der Waals surface area contributed by atoms with Crippen molar-refractivity contribution in [2.45, 2.75) is 13.5 Å². The fourth-order valence-electron chi connectivity index (χ4n) is 1.16. The van der Waals surface area contributed by atoms with Crippen LogP contribution in [0.3, 0.4) is 0 Å². The third kappa shape index (κ3) is 2.67. The number of pyridine rings is 1. The van der Waals surface area contributed by atoms with Crippen molar-refractivity contribution in [2.75, 3.05) is 5.32 Å². The van der Waals surface area contributed by atoms with Crippen LogP contribution in [0.1, 0.15) is 10.6 Å². The Morgan fingerprint density at radius 1 is 1.40 bits per heavy atom. The van der Waals surface area contributed by atoms with Gasteiger partial charge in [0, 0.05) is 4.88 Å². The molecule has 0 atom stereocenters. The summed E-state index contributed by atoms with van der Waals surface area (Å²) < 4.78 is 0. The van der Waals surface area contributed by atoms with E-state index in [2.05, 4.69) is 15.3 Å². The van der Waals surface area contributed by atoms with Gasteiger partial charge in [0.25, 0.3) is 0 Å². The molecule has 0 spiro atoms. The Hall–Kier alpha value is -1.13. The van der Waals surface area contributed by atoms with Crippen LogP contribution in [0.2, 0.25) is 5.15 Å². The monoisotopic (exact) mass is 239 g/mol. The zero-order chi connectivity index (χ0) is 10.7. The van der Waals surface area contributed by atoms with E-state index >= 15 is 0 Å². The van der Waals surface area contributed by atoms with Gasteiger partial charge in [-0.05, 0) is 19.1 Å².